The van der Waals surface area contributed by atoms with Gasteiger partial charge in [0, 0.05) is 26.2 Å². The maximum atomic E-state index is 13.2. The van der Waals surface area contributed by atoms with Crippen molar-refractivity contribution >= 4 is 45.0 Å². The number of benzene rings is 2. The van der Waals surface area contributed by atoms with Gasteiger partial charge in [-0.2, -0.15) is 0 Å². The Kier molecular flexibility index (Phi) is 8.16. The highest BCUT2D eigenvalue weighted by Gasteiger charge is 2.20. The fourth-order valence-electron chi connectivity index (χ4n) is 3.45. The lowest BCUT2D eigenvalue weighted by Crippen LogP contribution is -2.39. The van der Waals surface area contributed by atoms with E-state index in [0.717, 1.165) is 60.2 Å². The minimum atomic E-state index is -0.297. The van der Waals surface area contributed by atoms with E-state index in [9.17, 15) is 9.18 Å². The maximum Gasteiger partial charge on any atom is 0.233 e. The molecule has 8 heteroatoms. The zero-order valence-corrected chi connectivity index (χ0v) is 18.3. The van der Waals surface area contributed by atoms with Gasteiger partial charge < -0.3 is 4.74 Å². The van der Waals surface area contributed by atoms with Gasteiger partial charge in [0.2, 0.25) is 5.91 Å². The normalized spacial score (nSPS) is 14.4. The molecule has 2 aromatic carbocycles. The summed E-state index contributed by atoms with van der Waals surface area (Å²) in [5.74, 6) is -0.313. The van der Waals surface area contributed by atoms with E-state index in [1.165, 1.54) is 23.5 Å². The van der Waals surface area contributed by atoms with Crippen LogP contribution in [-0.4, -0.2) is 55.2 Å². The monoisotopic (exact) mass is 449 g/mol. The molecule has 0 saturated carbocycles. The van der Waals surface area contributed by atoms with Crippen molar-refractivity contribution < 1.29 is 13.9 Å². The third-order valence-corrected chi connectivity index (χ3v) is 6.10. The molecule has 1 saturated heterocycles. The average Bonchev–Trinajstić information content (AvgIpc) is 3.17. The molecule has 5 nitrogen and oxygen atoms in total. The number of rotatable bonds is 7. The largest absolute Gasteiger partial charge is 0.379 e. The fourth-order valence-corrected chi connectivity index (χ4v) is 4.46. The van der Waals surface area contributed by atoms with E-state index in [4.69, 9.17) is 4.74 Å². The number of halogens is 2. The summed E-state index contributed by atoms with van der Waals surface area (Å²) in [5.41, 5.74) is 1.70. The van der Waals surface area contributed by atoms with Crippen molar-refractivity contribution in [3.63, 3.8) is 0 Å². The number of carbonyl (C=O) groups excluding carboxylic acids is 1. The summed E-state index contributed by atoms with van der Waals surface area (Å²) >= 11 is 1.53. The number of carbonyl (C=O) groups is 1. The van der Waals surface area contributed by atoms with Crippen LogP contribution in [-0.2, 0) is 16.0 Å². The predicted octanol–water partition coefficient (Wildman–Crippen LogP) is 4.16. The van der Waals surface area contributed by atoms with Gasteiger partial charge in [-0.1, -0.05) is 35.6 Å². The maximum absolute atomic E-state index is 13.2. The van der Waals surface area contributed by atoms with Crippen molar-refractivity contribution in [1.29, 1.82) is 0 Å². The highest BCUT2D eigenvalue weighted by molar-refractivity contribution is 7.22. The molecule has 3 aromatic rings. The van der Waals surface area contributed by atoms with Gasteiger partial charge in [-0.25, -0.2) is 9.37 Å². The van der Waals surface area contributed by atoms with Crippen molar-refractivity contribution in [3.8, 4) is 0 Å². The van der Waals surface area contributed by atoms with Crippen LogP contribution in [0.1, 0.15) is 12.0 Å². The molecule has 0 aliphatic carbocycles. The Bertz CT molecular complexity index is 927. The minimum Gasteiger partial charge on any atom is -0.379 e. The van der Waals surface area contributed by atoms with E-state index >= 15 is 0 Å². The van der Waals surface area contributed by atoms with E-state index in [1.54, 1.807) is 17.0 Å². The number of hydrogen-bond donors (Lipinski definition) is 0. The molecule has 0 unspecified atom stereocenters. The summed E-state index contributed by atoms with van der Waals surface area (Å²) in [7, 11) is 0. The second kappa shape index (κ2) is 10.8. The predicted molar refractivity (Wildman–Crippen MR) is 121 cm³/mol. The molecule has 4 rings (SSSR count). The molecular formula is C22H25ClFN3O2S. The molecule has 0 radical (unpaired) electrons. The molecule has 1 amide bonds. The highest BCUT2D eigenvalue weighted by Crippen LogP contribution is 2.29. The van der Waals surface area contributed by atoms with Gasteiger partial charge in [-0.05, 0) is 36.2 Å². The molecular weight excluding hydrogens is 425 g/mol. The SMILES string of the molecule is Cl.O=C(Cc1ccc(F)cc1)N(CCCN1CCOCC1)c1nc2ccccc2s1. The first-order chi connectivity index (χ1) is 14.2. The second-order valence-corrected chi connectivity index (χ2v) is 8.13. The van der Waals surface area contributed by atoms with Crippen LogP contribution < -0.4 is 4.90 Å². The number of anilines is 1. The summed E-state index contributed by atoms with van der Waals surface area (Å²) in [6.45, 7) is 4.94. The van der Waals surface area contributed by atoms with Crippen molar-refractivity contribution in [2.75, 3.05) is 44.3 Å². The minimum absolute atomic E-state index is 0. The summed E-state index contributed by atoms with van der Waals surface area (Å²) in [6.07, 6.45) is 1.10. The van der Waals surface area contributed by atoms with Gasteiger partial charge >= 0.3 is 0 Å². The van der Waals surface area contributed by atoms with Crippen LogP contribution in [0.25, 0.3) is 10.2 Å². The first kappa shape index (κ1) is 22.6. The van der Waals surface area contributed by atoms with Crippen LogP contribution in [0.3, 0.4) is 0 Å². The molecule has 0 N–H and O–H groups in total. The summed E-state index contributed by atoms with van der Waals surface area (Å²) in [5, 5.41) is 0.722. The van der Waals surface area contributed by atoms with Gasteiger partial charge in [0.15, 0.2) is 5.13 Å². The van der Waals surface area contributed by atoms with Crippen molar-refractivity contribution in [3.05, 3.63) is 59.9 Å². The third kappa shape index (κ3) is 5.76. The number of thiazole rings is 1. The highest BCUT2D eigenvalue weighted by atomic mass is 35.5. The van der Waals surface area contributed by atoms with Crippen LogP contribution in [0.2, 0.25) is 0 Å². The van der Waals surface area contributed by atoms with Gasteiger partial charge in [-0.3, -0.25) is 14.6 Å². The topological polar surface area (TPSA) is 45.7 Å². The zero-order valence-electron chi connectivity index (χ0n) is 16.6. The van der Waals surface area contributed by atoms with Crippen LogP contribution in [0.5, 0.6) is 0 Å². The van der Waals surface area contributed by atoms with Crippen molar-refractivity contribution in [1.82, 2.24) is 9.88 Å². The number of para-hydroxylation sites is 1. The molecule has 0 bridgehead atoms. The van der Waals surface area contributed by atoms with Gasteiger partial charge in [0.1, 0.15) is 5.82 Å². The lowest BCUT2D eigenvalue weighted by atomic mass is 10.1. The molecule has 1 fully saturated rings. The lowest BCUT2D eigenvalue weighted by molar-refractivity contribution is -0.118. The smallest absolute Gasteiger partial charge is 0.233 e. The fraction of sp³-hybridized carbons (Fsp3) is 0.364. The Labute approximate surface area is 185 Å². The Morgan fingerprint density at radius 1 is 1.13 bits per heavy atom. The molecule has 0 spiro atoms. The zero-order chi connectivity index (χ0) is 20.1. The number of amides is 1. The van der Waals surface area contributed by atoms with E-state index in [2.05, 4.69) is 9.88 Å². The van der Waals surface area contributed by atoms with Crippen molar-refractivity contribution in [2.24, 2.45) is 0 Å². The van der Waals surface area contributed by atoms with Crippen LogP contribution in [0, 0.1) is 5.82 Å². The van der Waals surface area contributed by atoms with Crippen LogP contribution in [0.15, 0.2) is 48.5 Å². The van der Waals surface area contributed by atoms with E-state index in [0.29, 0.717) is 6.54 Å². The van der Waals surface area contributed by atoms with Gasteiger partial charge in [0.25, 0.3) is 0 Å². The van der Waals surface area contributed by atoms with Crippen LogP contribution in [0.4, 0.5) is 9.52 Å². The molecule has 1 aliphatic rings. The molecule has 2 heterocycles. The number of fused-ring (bicyclic) bond motifs is 1. The molecule has 1 aliphatic heterocycles. The number of aromatic nitrogens is 1. The van der Waals surface area contributed by atoms with Gasteiger partial charge in [-0.15, -0.1) is 12.4 Å². The molecule has 30 heavy (non-hydrogen) atoms. The molecule has 160 valence electrons. The number of hydrogen-bond acceptors (Lipinski definition) is 5. The number of nitrogens with zero attached hydrogens (tertiary/aromatic N) is 3. The lowest BCUT2D eigenvalue weighted by Gasteiger charge is -2.27. The summed E-state index contributed by atoms with van der Waals surface area (Å²) in [4.78, 5) is 22.0. The second-order valence-electron chi connectivity index (χ2n) is 7.12. The molecule has 0 atom stereocenters. The van der Waals surface area contributed by atoms with Gasteiger partial charge in [0.05, 0.1) is 29.9 Å². The Morgan fingerprint density at radius 2 is 1.87 bits per heavy atom. The average molecular weight is 450 g/mol. The van der Waals surface area contributed by atoms with Crippen molar-refractivity contribution in [2.45, 2.75) is 12.8 Å². The Hall–Kier alpha value is -2.06. The van der Waals surface area contributed by atoms with E-state index in [1.807, 2.05) is 24.3 Å². The number of morpholine rings is 1. The first-order valence-corrected chi connectivity index (χ1v) is 10.7. The van der Waals surface area contributed by atoms with E-state index < -0.39 is 0 Å². The Balaban J connectivity index is 0.00000256. The first-order valence-electron chi connectivity index (χ1n) is 9.89. The molecule has 1 aromatic heterocycles. The van der Waals surface area contributed by atoms with Crippen LogP contribution >= 0.6 is 23.7 Å². The quantitative estimate of drug-likeness (QED) is 0.543. The number of ether oxygens (including phenoxy) is 1. The Morgan fingerprint density at radius 3 is 2.60 bits per heavy atom. The summed E-state index contributed by atoms with van der Waals surface area (Å²) in [6, 6.07) is 14.0. The van der Waals surface area contributed by atoms with E-state index in [-0.39, 0.29) is 30.6 Å². The summed E-state index contributed by atoms with van der Waals surface area (Å²) < 4.78 is 19.7. The standard InChI is InChI=1S/C22H24FN3O2S.ClH/c23-18-8-6-17(7-9-18)16-21(27)26(11-3-10-25-12-14-28-15-13-25)22-24-19-4-1-2-5-20(19)29-22;/h1-2,4-9H,3,10-16H2;1H. The third-order valence-electron chi connectivity index (χ3n) is 5.04.